The zero-order chi connectivity index (χ0) is 10.1. The monoisotopic (exact) mass is 195 g/mol. The van der Waals surface area contributed by atoms with Crippen LogP contribution < -0.4 is 0 Å². The third-order valence-electron chi connectivity index (χ3n) is 2.42. The summed E-state index contributed by atoms with van der Waals surface area (Å²) >= 11 is 0. The van der Waals surface area contributed by atoms with Crippen LogP contribution in [0.3, 0.4) is 0 Å². The summed E-state index contributed by atoms with van der Waals surface area (Å²) in [6.45, 7) is 0. The average Bonchev–Trinajstić information content (AvgIpc) is 2.70. The normalized spacial score (nSPS) is 21.4. The van der Waals surface area contributed by atoms with Crippen molar-refractivity contribution in [3.63, 3.8) is 0 Å². The van der Waals surface area contributed by atoms with Crippen molar-refractivity contribution < 1.29 is 9.72 Å². The zero-order valence-corrected chi connectivity index (χ0v) is 7.42. The van der Waals surface area contributed by atoms with Gasteiger partial charge in [0.1, 0.15) is 12.0 Å². The molecule has 6 heteroatoms. The first-order chi connectivity index (χ1) is 6.66. The molecule has 1 aromatic heterocycles. The number of aromatic nitrogens is 2. The minimum atomic E-state index is -0.534. The first-order valence-electron chi connectivity index (χ1n) is 4.36. The summed E-state index contributed by atoms with van der Waals surface area (Å²) in [6, 6.07) is 0.0590. The molecule has 0 bridgehead atoms. The molecule has 74 valence electrons. The van der Waals surface area contributed by atoms with E-state index in [2.05, 4.69) is 4.98 Å². The molecule has 1 heterocycles. The fourth-order valence-electron chi connectivity index (χ4n) is 1.67. The second kappa shape index (κ2) is 3.21. The van der Waals surface area contributed by atoms with Crippen LogP contribution in [0.5, 0.6) is 0 Å². The van der Waals surface area contributed by atoms with Gasteiger partial charge in [0.05, 0.1) is 0 Å². The minimum Gasteiger partial charge on any atom is -0.358 e. The maximum absolute atomic E-state index is 11.0. The highest BCUT2D eigenvalue weighted by Crippen LogP contribution is 2.27. The lowest BCUT2D eigenvalue weighted by atomic mass is 10.2. The molecule has 2 rings (SSSR count). The highest BCUT2D eigenvalue weighted by molar-refractivity contribution is 5.80. The SMILES string of the molecule is O=C1CCC(n2cnc([N+](=O)[O-])c2)C1. The Bertz CT molecular complexity index is 385. The molecule has 0 radical (unpaired) electrons. The van der Waals surface area contributed by atoms with E-state index in [1.54, 1.807) is 4.57 Å². The fourth-order valence-corrected chi connectivity index (χ4v) is 1.67. The largest absolute Gasteiger partial charge is 0.381 e. The number of nitro groups is 1. The molecule has 14 heavy (non-hydrogen) atoms. The van der Waals surface area contributed by atoms with Crippen molar-refractivity contribution >= 4 is 11.6 Å². The Morgan fingerprint density at radius 2 is 2.43 bits per heavy atom. The molecule has 1 unspecified atom stereocenters. The molecule has 1 aliphatic rings. The third kappa shape index (κ3) is 1.50. The molecule has 1 atom stereocenters. The lowest BCUT2D eigenvalue weighted by Crippen LogP contribution is -2.02. The van der Waals surface area contributed by atoms with Crippen molar-refractivity contribution in [3.8, 4) is 0 Å². The maximum atomic E-state index is 11.0. The molecule has 1 fully saturated rings. The highest BCUT2D eigenvalue weighted by Gasteiger charge is 2.25. The molecule has 1 aliphatic carbocycles. The van der Waals surface area contributed by atoms with Gasteiger partial charge in [0.25, 0.3) is 0 Å². The number of Topliss-reactive ketones (excluding diaryl/α,β-unsaturated/α-hetero) is 1. The predicted molar refractivity (Wildman–Crippen MR) is 46.8 cm³/mol. The number of imidazole rings is 1. The van der Waals surface area contributed by atoms with E-state index in [-0.39, 0.29) is 17.6 Å². The van der Waals surface area contributed by atoms with E-state index in [1.165, 1.54) is 12.5 Å². The Balaban J connectivity index is 2.17. The topological polar surface area (TPSA) is 78.0 Å². The summed E-state index contributed by atoms with van der Waals surface area (Å²) in [6.07, 6.45) is 4.58. The third-order valence-corrected chi connectivity index (χ3v) is 2.42. The van der Waals surface area contributed by atoms with Gasteiger partial charge in [-0.15, -0.1) is 0 Å². The molecular weight excluding hydrogens is 186 g/mol. The lowest BCUT2D eigenvalue weighted by molar-refractivity contribution is -0.389. The van der Waals surface area contributed by atoms with Crippen molar-refractivity contribution in [3.05, 3.63) is 22.6 Å². The molecule has 0 saturated heterocycles. The van der Waals surface area contributed by atoms with E-state index < -0.39 is 4.92 Å². The van der Waals surface area contributed by atoms with E-state index in [0.29, 0.717) is 12.8 Å². The average molecular weight is 195 g/mol. The van der Waals surface area contributed by atoms with Crippen molar-refractivity contribution in [1.29, 1.82) is 0 Å². The van der Waals surface area contributed by atoms with Gasteiger partial charge in [0.2, 0.25) is 6.33 Å². The standard InChI is InChI=1S/C8H9N3O3/c12-7-2-1-6(3-7)10-4-8(9-5-10)11(13)14/h4-6H,1-3H2. The van der Waals surface area contributed by atoms with Gasteiger partial charge in [-0.2, -0.15) is 0 Å². The summed E-state index contributed by atoms with van der Waals surface area (Å²) in [7, 11) is 0. The summed E-state index contributed by atoms with van der Waals surface area (Å²) in [5.74, 6) is 0.0516. The Kier molecular flexibility index (Phi) is 2.03. The predicted octanol–water partition coefficient (Wildman–Crippen LogP) is 1.09. The van der Waals surface area contributed by atoms with Crippen LogP contribution in [0.25, 0.3) is 0 Å². The molecule has 0 spiro atoms. The molecule has 0 aliphatic heterocycles. The van der Waals surface area contributed by atoms with Gasteiger partial charge in [-0.3, -0.25) is 4.79 Å². The van der Waals surface area contributed by atoms with Crippen LogP contribution in [-0.4, -0.2) is 20.3 Å². The Labute approximate surface area is 79.7 Å². The number of nitrogens with zero attached hydrogens (tertiary/aromatic N) is 3. The number of hydrogen-bond donors (Lipinski definition) is 0. The molecule has 0 N–H and O–H groups in total. The van der Waals surface area contributed by atoms with Crippen LogP contribution in [0.4, 0.5) is 5.82 Å². The van der Waals surface area contributed by atoms with Gasteiger partial charge in [-0.25, -0.2) is 0 Å². The molecule has 0 aromatic carbocycles. The summed E-state index contributed by atoms with van der Waals surface area (Å²) in [5.41, 5.74) is 0. The van der Waals surface area contributed by atoms with Crippen molar-refractivity contribution in [1.82, 2.24) is 9.55 Å². The zero-order valence-electron chi connectivity index (χ0n) is 7.42. The number of hydrogen-bond acceptors (Lipinski definition) is 4. The van der Waals surface area contributed by atoms with Crippen molar-refractivity contribution in [2.45, 2.75) is 25.3 Å². The van der Waals surface area contributed by atoms with Crippen molar-refractivity contribution in [2.24, 2.45) is 0 Å². The van der Waals surface area contributed by atoms with Crippen LogP contribution >= 0.6 is 0 Å². The Morgan fingerprint density at radius 3 is 2.93 bits per heavy atom. The summed E-state index contributed by atoms with van der Waals surface area (Å²) in [4.78, 5) is 24.5. The second-order valence-corrected chi connectivity index (χ2v) is 3.37. The molecule has 1 saturated carbocycles. The number of carbonyl (C=O) groups excluding carboxylic acids is 1. The molecule has 1 aromatic rings. The molecule has 6 nitrogen and oxygen atoms in total. The minimum absolute atomic E-state index is 0.0590. The van der Waals surface area contributed by atoms with Gasteiger partial charge in [0.15, 0.2) is 0 Å². The van der Waals surface area contributed by atoms with Gasteiger partial charge in [-0.05, 0) is 16.3 Å². The van der Waals surface area contributed by atoms with Gasteiger partial charge < -0.3 is 14.7 Å². The van der Waals surface area contributed by atoms with E-state index in [9.17, 15) is 14.9 Å². The molecular formula is C8H9N3O3. The van der Waals surface area contributed by atoms with Crippen LogP contribution in [0, 0.1) is 10.1 Å². The first kappa shape index (κ1) is 8.86. The van der Waals surface area contributed by atoms with Crippen LogP contribution in [0.2, 0.25) is 0 Å². The Morgan fingerprint density at radius 1 is 1.64 bits per heavy atom. The summed E-state index contributed by atoms with van der Waals surface area (Å²) in [5, 5.41) is 10.4. The second-order valence-electron chi connectivity index (χ2n) is 3.37. The highest BCUT2D eigenvalue weighted by atomic mass is 16.6. The van der Waals surface area contributed by atoms with Gasteiger partial charge in [0, 0.05) is 18.9 Å². The first-order valence-corrected chi connectivity index (χ1v) is 4.36. The number of carbonyl (C=O) groups is 1. The van der Waals surface area contributed by atoms with E-state index >= 15 is 0 Å². The Hall–Kier alpha value is -1.72. The van der Waals surface area contributed by atoms with Crippen LogP contribution in [0.1, 0.15) is 25.3 Å². The summed E-state index contributed by atoms with van der Waals surface area (Å²) < 4.78 is 1.66. The quantitative estimate of drug-likeness (QED) is 0.522. The smallest absolute Gasteiger partial charge is 0.358 e. The van der Waals surface area contributed by atoms with Gasteiger partial charge >= 0.3 is 5.82 Å². The van der Waals surface area contributed by atoms with E-state index in [0.717, 1.165) is 6.42 Å². The van der Waals surface area contributed by atoms with Crippen LogP contribution in [-0.2, 0) is 4.79 Å². The van der Waals surface area contributed by atoms with Crippen LogP contribution in [0.15, 0.2) is 12.5 Å². The lowest BCUT2D eigenvalue weighted by Gasteiger charge is -2.06. The van der Waals surface area contributed by atoms with Crippen molar-refractivity contribution in [2.75, 3.05) is 0 Å². The number of ketones is 1. The van der Waals surface area contributed by atoms with E-state index in [4.69, 9.17) is 0 Å². The van der Waals surface area contributed by atoms with Gasteiger partial charge in [-0.1, -0.05) is 0 Å². The molecule has 0 amide bonds. The number of rotatable bonds is 2. The fraction of sp³-hybridized carbons (Fsp3) is 0.500. The maximum Gasteiger partial charge on any atom is 0.381 e. The van der Waals surface area contributed by atoms with E-state index in [1.807, 2.05) is 0 Å².